The van der Waals surface area contributed by atoms with Crippen molar-refractivity contribution in [3.05, 3.63) is 65.7 Å². The number of hydrogen-bond donors (Lipinski definition) is 1. The molecule has 1 unspecified atom stereocenters. The average Bonchev–Trinajstić information content (AvgIpc) is 2.55. The van der Waals surface area contributed by atoms with E-state index in [1.54, 1.807) is 30.3 Å². The summed E-state index contributed by atoms with van der Waals surface area (Å²) in [7, 11) is -3.81. The van der Waals surface area contributed by atoms with Crippen molar-refractivity contribution in [2.45, 2.75) is 35.3 Å². The molecular weight excluding hydrogens is 312 g/mol. The maximum absolute atomic E-state index is 13.3. The van der Waals surface area contributed by atoms with Crippen molar-refractivity contribution >= 4 is 15.8 Å². The highest BCUT2D eigenvalue weighted by Gasteiger charge is 2.49. The van der Waals surface area contributed by atoms with E-state index < -0.39 is 27.0 Å². The Kier molecular flexibility index (Phi) is 3.98. The van der Waals surface area contributed by atoms with Gasteiger partial charge < -0.3 is 5.11 Å². The van der Waals surface area contributed by atoms with Gasteiger partial charge in [0.1, 0.15) is 4.75 Å². The summed E-state index contributed by atoms with van der Waals surface area (Å²) in [6, 6.07) is 15.5. The standard InChI is InChI=1S/C18H18O4S/c19-17(20)13-18(23(21,22)15-9-2-1-3-10-15)12-6-8-14-7-4-5-11-16(14)18/h1-5,7,9-11H,6,8,12-13H2,(H,19,20). The second-order valence-electron chi connectivity index (χ2n) is 5.89. The van der Waals surface area contributed by atoms with Crippen molar-refractivity contribution in [2.24, 2.45) is 0 Å². The first-order valence-corrected chi connectivity index (χ1v) is 9.05. The van der Waals surface area contributed by atoms with Crippen LogP contribution in [0.15, 0.2) is 59.5 Å². The molecule has 3 rings (SSSR count). The van der Waals surface area contributed by atoms with E-state index in [2.05, 4.69) is 0 Å². The van der Waals surface area contributed by atoms with E-state index in [1.165, 1.54) is 12.1 Å². The van der Waals surface area contributed by atoms with Gasteiger partial charge in [0, 0.05) is 0 Å². The maximum Gasteiger partial charge on any atom is 0.305 e. The van der Waals surface area contributed by atoms with E-state index in [0.717, 1.165) is 12.0 Å². The molecule has 1 atom stereocenters. The highest BCUT2D eigenvalue weighted by molar-refractivity contribution is 7.92. The van der Waals surface area contributed by atoms with Crippen LogP contribution in [0.1, 0.15) is 30.4 Å². The molecule has 0 bridgehead atoms. The van der Waals surface area contributed by atoms with Crippen LogP contribution in [0.2, 0.25) is 0 Å². The number of hydrogen-bond acceptors (Lipinski definition) is 3. The van der Waals surface area contributed by atoms with E-state index in [4.69, 9.17) is 0 Å². The zero-order valence-electron chi connectivity index (χ0n) is 12.6. The van der Waals surface area contributed by atoms with Gasteiger partial charge in [-0.2, -0.15) is 0 Å². The Morgan fingerprint density at radius 2 is 1.70 bits per heavy atom. The molecule has 0 saturated carbocycles. The van der Waals surface area contributed by atoms with Gasteiger partial charge in [0.15, 0.2) is 9.84 Å². The fraction of sp³-hybridized carbons (Fsp3) is 0.278. The molecule has 1 aliphatic rings. The molecule has 0 radical (unpaired) electrons. The molecule has 5 heteroatoms. The SMILES string of the molecule is O=C(O)CC1(S(=O)(=O)c2ccccc2)CCCc2ccccc21. The Hall–Kier alpha value is -2.14. The van der Waals surface area contributed by atoms with Crippen LogP contribution in [0.3, 0.4) is 0 Å². The number of fused-ring (bicyclic) bond motifs is 1. The maximum atomic E-state index is 13.3. The average molecular weight is 330 g/mol. The smallest absolute Gasteiger partial charge is 0.305 e. The minimum absolute atomic E-state index is 0.179. The second-order valence-corrected chi connectivity index (χ2v) is 8.15. The van der Waals surface area contributed by atoms with E-state index in [1.807, 2.05) is 12.1 Å². The van der Waals surface area contributed by atoms with Gasteiger partial charge in [-0.05, 0) is 42.5 Å². The molecule has 0 heterocycles. The first kappa shape index (κ1) is 15.7. The van der Waals surface area contributed by atoms with Gasteiger partial charge in [0.05, 0.1) is 11.3 Å². The molecule has 0 fully saturated rings. The third kappa shape index (κ3) is 2.55. The molecule has 0 saturated heterocycles. The molecule has 1 aliphatic carbocycles. The monoisotopic (exact) mass is 330 g/mol. The molecule has 2 aromatic carbocycles. The number of benzene rings is 2. The van der Waals surface area contributed by atoms with Gasteiger partial charge >= 0.3 is 5.97 Å². The number of carbonyl (C=O) groups is 1. The van der Waals surface area contributed by atoms with Gasteiger partial charge in [-0.1, -0.05) is 42.5 Å². The largest absolute Gasteiger partial charge is 0.481 e. The lowest BCUT2D eigenvalue weighted by Gasteiger charge is -2.37. The predicted octanol–water partition coefficient (Wildman–Crippen LogP) is 3.17. The summed E-state index contributed by atoms with van der Waals surface area (Å²) < 4.78 is 25.3. The minimum Gasteiger partial charge on any atom is -0.481 e. The Balaban J connectivity index is 2.27. The van der Waals surface area contributed by atoms with E-state index in [9.17, 15) is 18.3 Å². The molecule has 120 valence electrons. The zero-order valence-corrected chi connectivity index (χ0v) is 13.4. The van der Waals surface area contributed by atoms with Crippen LogP contribution >= 0.6 is 0 Å². The molecule has 0 spiro atoms. The van der Waals surface area contributed by atoms with Crippen LogP contribution in [0.4, 0.5) is 0 Å². The predicted molar refractivity (Wildman–Crippen MR) is 86.9 cm³/mol. The topological polar surface area (TPSA) is 71.4 Å². The van der Waals surface area contributed by atoms with Crippen LogP contribution in [0.25, 0.3) is 0 Å². The highest BCUT2D eigenvalue weighted by atomic mass is 32.2. The lowest BCUT2D eigenvalue weighted by Crippen LogP contribution is -2.41. The quantitative estimate of drug-likeness (QED) is 0.934. The van der Waals surface area contributed by atoms with Crippen LogP contribution in [-0.2, 0) is 25.8 Å². The minimum atomic E-state index is -3.81. The van der Waals surface area contributed by atoms with Crippen LogP contribution in [0, 0.1) is 0 Å². The Labute approximate surface area is 135 Å². The van der Waals surface area contributed by atoms with E-state index in [-0.39, 0.29) is 4.90 Å². The van der Waals surface area contributed by atoms with Gasteiger partial charge in [-0.3, -0.25) is 4.79 Å². The molecule has 2 aromatic rings. The summed E-state index contributed by atoms with van der Waals surface area (Å²) in [4.78, 5) is 11.7. The number of aryl methyl sites for hydroxylation is 1. The zero-order chi connectivity index (χ0) is 16.5. The fourth-order valence-electron chi connectivity index (χ4n) is 3.51. The molecule has 0 amide bonds. The van der Waals surface area contributed by atoms with Gasteiger partial charge in [-0.25, -0.2) is 8.42 Å². The second kappa shape index (κ2) is 5.81. The number of carboxylic acid groups (broad SMARTS) is 1. The van der Waals surface area contributed by atoms with Crippen molar-refractivity contribution in [2.75, 3.05) is 0 Å². The van der Waals surface area contributed by atoms with E-state index >= 15 is 0 Å². The van der Waals surface area contributed by atoms with Crippen molar-refractivity contribution < 1.29 is 18.3 Å². The summed E-state index contributed by atoms with van der Waals surface area (Å²) in [6.45, 7) is 0. The first-order chi connectivity index (χ1) is 11.0. The van der Waals surface area contributed by atoms with Crippen molar-refractivity contribution in [1.82, 2.24) is 0 Å². The number of rotatable bonds is 4. The highest BCUT2D eigenvalue weighted by Crippen LogP contribution is 2.47. The van der Waals surface area contributed by atoms with Gasteiger partial charge in [-0.15, -0.1) is 0 Å². The third-order valence-electron chi connectivity index (χ3n) is 4.54. The Bertz CT molecular complexity index is 827. The third-order valence-corrected chi connectivity index (χ3v) is 7.03. The fourth-order valence-corrected chi connectivity index (χ4v) is 5.69. The number of aliphatic carboxylic acids is 1. The van der Waals surface area contributed by atoms with Gasteiger partial charge in [0.25, 0.3) is 0 Å². The summed E-state index contributed by atoms with van der Waals surface area (Å²) >= 11 is 0. The van der Waals surface area contributed by atoms with Crippen molar-refractivity contribution in [1.29, 1.82) is 0 Å². The van der Waals surface area contributed by atoms with Crippen molar-refractivity contribution in [3.8, 4) is 0 Å². The lowest BCUT2D eigenvalue weighted by molar-refractivity contribution is -0.137. The summed E-state index contributed by atoms with van der Waals surface area (Å²) in [5.41, 5.74) is 1.57. The van der Waals surface area contributed by atoms with Crippen molar-refractivity contribution in [3.63, 3.8) is 0 Å². The Morgan fingerprint density at radius 1 is 1.04 bits per heavy atom. The van der Waals surface area contributed by atoms with Crippen LogP contribution in [0.5, 0.6) is 0 Å². The molecule has 0 aromatic heterocycles. The number of sulfone groups is 1. The van der Waals surface area contributed by atoms with Crippen LogP contribution < -0.4 is 0 Å². The lowest BCUT2D eigenvalue weighted by atomic mass is 9.80. The normalized spacial score (nSPS) is 20.7. The molecule has 0 aliphatic heterocycles. The molecule has 23 heavy (non-hydrogen) atoms. The Morgan fingerprint density at radius 3 is 2.39 bits per heavy atom. The van der Waals surface area contributed by atoms with Crippen LogP contribution in [-0.4, -0.2) is 19.5 Å². The van der Waals surface area contributed by atoms with E-state index in [0.29, 0.717) is 18.4 Å². The first-order valence-electron chi connectivity index (χ1n) is 7.57. The molecular formula is C18H18O4S. The molecule has 1 N–H and O–H groups in total. The summed E-state index contributed by atoms with van der Waals surface area (Å²) in [5, 5.41) is 9.40. The summed E-state index contributed by atoms with van der Waals surface area (Å²) in [6.07, 6.45) is 1.35. The molecule has 4 nitrogen and oxygen atoms in total. The number of carboxylic acids is 1. The van der Waals surface area contributed by atoms with Gasteiger partial charge in [0.2, 0.25) is 0 Å². The summed E-state index contributed by atoms with van der Waals surface area (Å²) in [5.74, 6) is -1.10.